The van der Waals surface area contributed by atoms with E-state index in [0.29, 0.717) is 6.54 Å². The molecule has 1 aliphatic rings. The van der Waals surface area contributed by atoms with Crippen LogP contribution in [-0.4, -0.2) is 37.7 Å². The van der Waals surface area contributed by atoms with E-state index >= 15 is 0 Å². The highest BCUT2D eigenvalue weighted by Crippen LogP contribution is 2.24. The predicted molar refractivity (Wildman–Crippen MR) is 89.4 cm³/mol. The minimum Gasteiger partial charge on any atom is -0.380 e. The maximum absolute atomic E-state index is 5.23. The fourth-order valence-corrected chi connectivity index (χ4v) is 2.44. The summed E-state index contributed by atoms with van der Waals surface area (Å²) in [6, 6.07) is 0. The lowest BCUT2D eigenvalue weighted by Gasteiger charge is -2.38. The van der Waals surface area contributed by atoms with Gasteiger partial charge in [-0.2, -0.15) is 0 Å². The summed E-state index contributed by atoms with van der Waals surface area (Å²) in [5.41, 5.74) is 0.245. The number of guanidine groups is 1. The standard InChI is InChI=1S/C12H20N4OS.HI/c1-9-4-14-10(18-9)5-15-11(13-3)16-6-12(2)7-17-8-12;/h4H,5-8H2,1-3H3,(H2,13,15,16);1H. The lowest BCUT2D eigenvalue weighted by Crippen LogP contribution is -2.50. The zero-order valence-corrected chi connectivity index (χ0v) is 14.7. The summed E-state index contributed by atoms with van der Waals surface area (Å²) in [5, 5.41) is 7.67. The molecule has 1 fully saturated rings. The van der Waals surface area contributed by atoms with E-state index in [1.165, 1.54) is 4.88 Å². The topological polar surface area (TPSA) is 58.5 Å². The van der Waals surface area contributed by atoms with Crippen LogP contribution >= 0.6 is 35.3 Å². The highest BCUT2D eigenvalue weighted by Gasteiger charge is 2.33. The number of ether oxygens (including phenoxy) is 1. The summed E-state index contributed by atoms with van der Waals surface area (Å²) in [6.07, 6.45) is 1.89. The second-order valence-electron chi connectivity index (χ2n) is 4.95. The van der Waals surface area contributed by atoms with Gasteiger partial charge in [0.05, 0.1) is 19.8 Å². The number of rotatable bonds is 4. The number of aryl methyl sites for hydroxylation is 1. The van der Waals surface area contributed by atoms with Crippen LogP contribution in [0.25, 0.3) is 0 Å². The zero-order valence-electron chi connectivity index (χ0n) is 11.5. The third-order valence-corrected chi connectivity index (χ3v) is 3.80. The van der Waals surface area contributed by atoms with Crippen molar-refractivity contribution in [3.63, 3.8) is 0 Å². The molecule has 108 valence electrons. The van der Waals surface area contributed by atoms with E-state index in [4.69, 9.17) is 4.74 Å². The highest BCUT2D eigenvalue weighted by atomic mass is 127. The molecule has 1 saturated heterocycles. The van der Waals surface area contributed by atoms with Crippen LogP contribution in [0.3, 0.4) is 0 Å². The molecule has 0 saturated carbocycles. The van der Waals surface area contributed by atoms with Gasteiger partial charge in [-0.05, 0) is 6.92 Å². The molecule has 2 rings (SSSR count). The summed E-state index contributed by atoms with van der Waals surface area (Å²) >= 11 is 1.70. The smallest absolute Gasteiger partial charge is 0.191 e. The summed E-state index contributed by atoms with van der Waals surface area (Å²) in [6.45, 7) is 7.51. The molecule has 0 atom stereocenters. The summed E-state index contributed by atoms with van der Waals surface area (Å²) < 4.78 is 5.23. The van der Waals surface area contributed by atoms with Crippen LogP contribution in [0.5, 0.6) is 0 Å². The molecule has 0 aromatic carbocycles. The number of aliphatic imine (C=N–C) groups is 1. The third-order valence-electron chi connectivity index (χ3n) is 2.88. The van der Waals surface area contributed by atoms with Gasteiger partial charge in [-0.15, -0.1) is 35.3 Å². The van der Waals surface area contributed by atoms with Crippen LogP contribution in [0.2, 0.25) is 0 Å². The van der Waals surface area contributed by atoms with E-state index in [1.54, 1.807) is 18.4 Å². The van der Waals surface area contributed by atoms with E-state index in [9.17, 15) is 0 Å². The van der Waals surface area contributed by atoms with Gasteiger partial charge in [0.15, 0.2) is 5.96 Å². The molecule has 0 bridgehead atoms. The first-order valence-electron chi connectivity index (χ1n) is 6.05. The van der Waals surface area contributed by atoms with Crippen LogP contribution in [0, 0.1) is 12.3 Å². The van der Waals surface area contributed by atoms with Gasteiger partial charge in [0.1, 0.15) is 5.01 Å². The Morgan fingerprint density at radius 2 is 2.26 bits per heavy atom. The van der Waals surface area contributed by atoms with Crippen LogP contribution in [0.1, 0.15) is 16.8 Å². The molecule has 0 unspecified atom stereocenters. The molecule has 1 aromatic heterocycles. The molecule has 0 amide bonds. The van der Waals surface area contributed by atoms with E-state index in [2.05, 4.69) is 34.5 Å². The summed E-state index contributed by atoms with van der Waals surface area (Å²) in [7, 11) is 1.78. The Balaban J connectivity index is 0.00000180. The lowest BCUT2D eigenvalue weighted by molar-refractivity contribution is -0.0971. The van der Waals surface area contributed by atoms with E-state index in [-0.39, 0.29) is 29.4 Å². The largest absolute Gasteiger partial charge is 0.380 e. The van der Waals surface area contributed by atoms with Gasteiger partial charge < -0.3 is 15.4 Å². The van der Waals surface area contributed by atoms with Crippen LogP contribution in [-0.2, 0) is 11.3 Å². The van der Waals surface area contributed by atoms with Crippen molar-refractivity contribution < 1.29 is 4.74 Å². The Bertz CT molecular complexity index is 431. The second kappa shape index (κ2) is 7.39. The molecule has 1 aromatic rings. The van der Waals surface area contributed by atoms with Crippen molar-refractivity contribution in [1.29, 1.82) is 0 Å². The molecule has 0 spiro atoms. The quantitative estimate of drug-likeness (QED) is 0.463. The van der Waals surface area contributed by atoms with Crippen molar-refractivity contribution in [3.8, 4) is 0 Å². The van der Waals surface area contributed by atoms with Gasteiger partial charge in [-0.1, -0.05) is 6.92 Å². The average molecular weight is 396 g/mol. The maximum Gasteiger partial charge on any atom is 0.191 e. The lowest BCUT2D eigenvalue weighted by atomic mass is 9.89. The average Bonchev–Trinajstić information content (AvgIpc) is 2.73. The Labute approximate surface area is 135 Å². The van der Waals surface area contributed by atoms with Crippen molar-refractivity contribution in [2.45, 2.75) is 20.4 Å². The van der Waals surface area contributed by atoms with Crippen molar-refractivity contribution >= 4 is 41.3 Å². The number of halogens is 1. The highest BCUT2D eigenvalue weighted by molar-refractivity contribution is 14.0. The molecule has 0 radical (unpaired) electrons. The predicted octanol–water partition coefficient (Wildman–Crippen LogP) is 1.77. The number of hydrogen-bond donors (Lipinski definition) is 2. The number of nitrogens with zero attached hydrogens (tertiary/aromatic N) is 2. The molecule has 2 N–H and O–H groups in total. The fraction of sp³-hybridized carbons (Fsp3) is 0.667. The second-order valence-corrected chi connectivity index (χ2v) is 6.27. The zero-order chi connectivity index (χ0) is 13.0. The van der Waals surface area contributed by atoms with Gasteiger partial charge in [0.2, 0.25) is 0 Å². The van der Waals surface area contributed by atoms with Gasteiger partial charge >= 0.3 is 0 Å². The van der Waals surface area contributed by atoms with Crippen molar-refractivity contribution in [1.82, 2.24) is 15.6 Å². The molecule has 2 heterocycles. The van der Waals surface area contributed by atoms with Gasteiger partial charge in [0.25, 0.3) is 0 Å². The number of nitrogens with one attached hydrogen (secondary N) is 2. The van der Waals surface area contributed by atoms with Crippen LogP contribution in [0.4, 0.5) is 0 Å². The molecular weight excluding hydrogens is 375 g/mol. The molecule has 5 nitrogen and oxygen atoms in total. The minimum absolute atomic E-state index is 0. The SMILES string of the molecule is CN=C(NCc1ncc(C)s1)NCC1(C)COC1.I. The van der Waals surface area contributed by atoms with E-state index in [1.807, 2.05) is 6.20 Å². The first kappa shape index (κ1) is 16.6. The number of aromatic nitrogens is 1. The Morgan fingerprint density at radius 1 is 1.53 bits per heavy atom. The van der Waals surface area contributed by atoms with Crippen LogP contribution in [0.15, 0.2) is 11.2 Å². The Hall–Kier alpha value is -0.410. The minimum atomic E-state index is 0. The summed E-state index contributed by atoms with van der Waals surface area (Å²) in [5.74, 6) is 0.816. The molecule has 0 aliphatic carbocycles. The normalized spacial score (nSPS) is 17.3. The molecule has 1 aliphatic heterocycles. The van der Waals surface area contributed by atoms with E-state index < -0.39 is 0 Å². The summed E-state index contributed by atoms with van der Waals surface area (Å²) in [4.78, 5) is 9.74. The van der Waals surface area contributed by atoms with Gasteiger partial charge in [-0.25, -0.2) is 4.98 Å². The van der Waals surface area contributed by atoms with Crippen molar-refractivity contribution in [2.75, 3.05) is 26.8 Å². The molecular formula is C12H21IN4OS. The molecule has 7 heteroatoms. The first-order valence-corrected chi connectivity index (χ1v) is 6.86. The Morgan fingerprint density at radius 3 is 2.74 bits per heavy atom. The van der Waals surface area contributed by atoms with Gasteiger partial charge in [-0.3, -0.25) is 4.99 Å². The van der Waals surface area contributed by atoms with Crippen molar-refractivity contribution in [2.24, 2.45) is 10.4 Å². The third kappa shape index (κ3) is 4.88. The number of hydrogen-bond acceptors (Lipinski definition) is 4. The van der Waals surface area contributed by atoms with Crippen molar-refractivity contribution in [3.05, 3.63) is 16.1 Å². The Kier molecular flexibility index (Phi) is 6.48. The van der Waals surface area contributed by atoms with E-state index in [0.717, 1.165) is 30.7 Å². The van der Waals surface area contributed by atoms with Crippen LogP contribution < -0.4 is 10.6 Å². The maximum atomic E-state index is 5.23. The molecule has 19 heavy (non-hydrogen) atoms. The number of thiazole rings is 1. The van der Waals surface area contributed by atoms with Gasteiger partial charge in [0, 0.05) is 30.1 Å². The fourth-order valence-electron chi connectivity index (χ4n) is 1.71. The first-order chi connectivity index (χ1) is 8.61. The monoisotopic (exact) mass is 396 g/mol.